The maximum absolute atomic E-state index is 11.7. The zero-order valence-corrected chi connectivity index (χ0v) is 12.9. The number of ether oxygens (including phenoxy) is 1. The van der Waals surface area contributed by atoms with Gasteiger partial charge in [-0.1, -0.05) is 17.5 Å². The fourth-order valence-electron chi connectivity index (χ4n) is 1.43. The van der Waals surface area contributed by atoms with Crippen molar-refractivity contribution >= 4 is 29.3 Å². The van der Waals surface area contributed by atoms with E-state index in [0.29, 0.717) is 5.69 Å². The third kappa shape index (κ3) is 5.76. The molecule has 2 N–H and O–H groups in total. The molecular weight excluding hydrogens is 292 g/mol. The van der Waals surface area contributed by atoms with Crippen molar-refractivity contribution in [2.24, 2.45) is 0 Å². The fraction of sp³-hybridized carbons (Fsp3) is 0.333. The molecule has 0 atom stereocenters. The molecule has 0 aromatic heterocycles. The quantitative estimate of drug-likeness (QED) is 0.843. The number of rotatable bonds is 3. The summed E-state index contributed by atoms with van der Waals surface area (Å²) in [5.74, 6) is 1.93. The fourth-order valence-corrected chi connectivity index (χ4v) is 1.69. The monoisotopic (exact) mass is 308 g/mol. The van der Waals surface area contributed by atoms with E-state index in [1.807, 2.05) is 0 Å². The molecule has 0 radical (unpaired) electrons. The number of anilines is 1. The summed E-state index contributed by atoms with van der Waals surface area (Å²) in [5.41, 5.74) is 0.118. The Bertz CT molecular complexity index is 586. The molecule has 1 rings (SSSR count). The molecule has 0 aliphatic carbocycles. The van der Waals surface area contributed by atoms with E-state index in [2.05, 4.69) is 16.6 Å². The highest BCUT2D eigenvalue weighted by Crippen LogP contribution is 2.21. The van der Waals surface area contributed by atoms with Crippen LogP contribution in [0.1, 0.15) is 31.1 Å². The number of nitrogens with one attached hydrogen (secondary N) is 2. The van der Waals surface area contributed by atoms with E-state index in [0.717, 1.165) is 0 Å². The van der Waals surface area contributed by atoms with Crippen LogP contribution in [0.25, 0.3) is 0 Å². The molecular formula is C15H17ClN2O3. The molecule has 21 heavy (non-hydrogen) atoms. The lowest BCUT2D eigenvalue weighted by Gasteiger charge is -2.19. The molecule has 1 aromatic rings. The van der Waals surface area contributed by atoms with Gasteiger partial charge < -0.3 is 10.1 Å². The van der Waals surface area contributed by atoms with Crippen molar-refractivity contribution in [3.63, 3.8) is 0 Å². The molecule has 1 aromatic carbocycles. The summed E-state index contributed by atoms with van der Waals surface area (Å²) in [4.78, 5) is 23.4. The van der Waals surface area contributed by atoms with Gasteiger partial charge in [0.1, 0.15) is 5.60 Å². The summed E-state index contributed by atoms with van der Waals surface area (Å²) in [6, 6.07) is 4.53. The lowest BCUT2D eigenvalue weighted by Crippen LogP contribution is -2.27. The minimum atomic E-state index is -0.594. The van der Waals surface area contributed by atoms with Crippen molar-refractivity contribution in [1.29, 1.82) is 0 Å². The van der Waals surface area contributed by atoms with Crippen molar-refractivity contribution < 1.29 is 14.3 Å². The van der Waals surface area contributed by atoms with Gasteiger partial charge in [0.15, 0.2) is 0 Å². The third-order valence-electron chi connectivity index (χ3n) is 2.21. The average molecular weight is 309 g/mol. The largest absolute Gasteiger partial charge is 0.444 e. The van der Waals surface area contributed by atoms with Gasteiger partial charge in [0, 0.05) is 5.69 Å². The van der Waals surface area contributed by atoms with Crippen LogP contribution in [-0.4, -0.2) is 24.1 Å². The van der Waals surface area contributed by atoms with Crippen LogP contribution in [0.3, 0.4) is 0 Å². The van der Waals surface area contributed by atoms with E-state index in [1.54, 1.807) is 26.8 Å². The molecule has 112 valence electrons. The van der Waals surface area contributed by atoms with Gasteiger partial charge in [-0.2, -0.15) is 0 Å². The highest BCUT2D eigenvalue weighted by atomic mass is 35.5. The van der Waals surface area contributed by atoms with Crippen molar-refractivity contribution in [1.82, 2.24) is 5.32 Å². The predicted molar refractivity (Wildman–Crippen MR) is 82.5 cm³/mol. The van der Waals surface area contributed by atoms with Crippen molar-refractivity contribution in [3.05, 3.63) is 28.8 Å². The summed E-state index contributed by atoms with van der Waals surface area (Å²) < 4.78 is 5.12. The molecule has 0 aliphatic rings. The smallest absolute Gasteiger partial charge is 0.412 e. The number of terminal acetylenes is 1. The molecule has 0 spiro atoms. The van der Waals surface area contributed by atoms with Crippen molar-refractivity contribution in [3.8, 4) is 12.3 Å². The normalized spacial score (nSPS) is 10.4. The van der Waals surface area contributed by atoms with Gasteiger partial charge in [-0.05, 0) is 39.0 Å². The zero-order chi connectivity index (χ0) is 16.0. The molecule has 0 saturated carbocycles. The third-order valence-corrected chi connectivity index (χ3v) is 2.52. The molecule has 0 unspecified atom stereocenters. The number of amides is 2. The molecule has 2 amide bonds. The van der Waals surface area contributed by atoms with Crippen LogP contribution >= 0.6 is 11.6 Å². The van der Waals surface area contributed by atoms with Crippen LogP contribution < -0.4 is 10.6 Å². The lowest BCUT2D eigenvalue weighted by atomic mass is 10.2. The number of carbonyl (C=O) groups is 2. The number of halogens is 1. The Labute approximate surface area is 129 Å². The number of benzene rings is 1. The summed E-state index contributed by atoms with van der Waals surface area (Å²) in [7, 11) is 0. The lowest BCUT2D eigenvalue weighted by molar-refractivity contribution is 0.0636. The highest BCUT2D eigenvalue weighted by molar-refractivity contribution is 6.34. The van der Waals surface area contributed by atoms with Gasteiger partial charge in [-0.25, -0.2) is 4.79 Å². The second-order valence-electron chi connectivity index (χ2n) is 5.21. The van der Waals surface area contributed by atoms with Crippen LogP contribution in [-0.2, 0) is 4.74 Å². The number of carbonyl (C=O) groups excluding carboxylic acids is 2. The minimum Gasteiger partial charge on any atom is -0.444 e. The second kappa shape index (κ2) is 7.00. The van der Waals surface area contributed by atoms with Crippen LogP contribution in [0, 0.1) is 12.3 Å². The van der Waals surface area contributed by atoms with Crippen LogP contribution in [0.2, 0.25) is 5.02 Å². The highest BCUT2D eigenvalue weighted by Gasteiger charge is 2.17. The maximum Gasteiger partial charge on any atom is 0.412 e. The Morgan fingerprint density at radius 2 is 2.05 bits per heavy atom. The standard InChI is InChI=1S/C15H17ClN2O3/c1-5-8-17-13(19)11-7-6-10(9-12(11)16)18-14(20)21-15(2,3)4/h1,6-7,9H,8H2,2-4H3,(H,17,19)(H,18,20). The Balaban J connectivity index is 2.77. The number of hydrogen-bond donors (Lipinski definition) is 2. The molecule has 0 fully saturated rings. The molecule has 5 nitrogen and oxygen atoms in total. The van der Waals surface area contributed by atoms with E-state index < -0.39 is 11.7 Å². The Morgan fingerprint density at radius 3 is 2.57 bits per heavy atom. The van der Waals surface area contributed by atoms with Gasteiger partial charge >= 0.3 is 6.09 Å². The van der Waals surface area contributed by atoms with Gasteiger partial charge in [0.05, 0.1) is 17.1 Å². The Hall–Kier alpha value is -2.19. The predicted octanol–water partition coefficient (Wildman–Crippen LogP) is 3.05. The zero-order valence-electron chi connectivity index (χ0n) is 12.1. The summed E-state index contributed by atoms with van der Waals surface area (Å²) in [6.07, 6.45) is 4.47. The summed E-state index contributed by atoms with van der Waals surface area (Å²) in [6.45, 7) is 5.41. The molecule has 0 saturated heterocycles. The first-order valence-electron chi connectivity index (χ1n) is 6.24. The minimum absolute atomic E-state index is 0.118. The average Bonchev–Trinajstić information content (AvgIpc) is 2.33. The Morgan fingerprint density at radius 1 is 1.38 bits per heavy atom. The van der Waals surface area contributed by atoms with Crippen LogP contribution in [0.5, 0.6) is 0 Å². The van der Waals surface area contributed by atoms with Crippen LogP contribution in [0.4, 0.5) is 10.5 Å². The van der Waals surface area contributed by atoms with E-state index in [4.69, 9.17) is 22.8 Å². The van der Waals surface area contributed by atoms with Gasteiger partial charge in [0.25, 0.3) is 5.91 Å². The first-order chi connectivity index (χ1) is 9.73. The SMILES string of the molecule is C#CCNC(=O)c1ccc(NC(=O)OC(C)(C)C)cc1Cl. The van der Waals surface area contributed by atoms with Crippen molar-refractivity contribution in [2.45, 2.75) is 26.4 Å². The number of hydrogen-bond acceptors (Lipinski definition) is 3. The maximum atomic E-state index is 11.7. The molecule has 0 aliphatic heterocycles. The van der Waals surface area contributed by atoms with Crippen LogP contribution in [0.15, 0.2) is 18.2 Å². The van der Waals surface area contributed by atoms with Gasteiger partial charge in [-0.15, -0.1) is 6.42 Å². The first-order valence-corrected chi connectivity index (χ1v) is 6.62. The van der Waals surface area contributed by atoms with Gasteiger partial charge in [0.2, 0.25) is 0 Å². The molecule has 0 heterocycles. The topological polar surface area (TPSA) is 67.4 Å². The van der Waals surface area contributed by atoms with E-state index >= 15 is 0 Å². The Kier molecular flexibility index (Phi) is 5.62. The molecule has 0 bridgehead atoms. The van der Waals surface area contributed by atoms with Gasteiger partial charge in [-0.3, -0.25) is 10.1 Å². The first kappa shape index (κ1) is 16.9. The van der Waals surface area contributed by atoms with Crippen molar-refractivity contribution in [2.75, 3.05) is 11.9 Å². The summed E-state index contributed by atoms with van der Waals surface area (Å²) in [5, 5.41) is 5.25. The second-order valence-corrected chi connectivity index (χ2v) is 5.62. The summed E-state index contributed by atoms with van der Waals surface area (Å²) >= 11 is 6.02. The molecule has 6 heteroatoms. The van der Waals surface area contributed by atoms with E-state index in [1.165, 1.54) is 12.1 Å². The van der Waals surface area contributed by atoms with E-state index in [-0.39, 0.29) is 23.0 Å². The van der Waals surface area contributed by atoms with E-state index in [9.17, 15) is 9.59 Å².